The van der Waals surface area contributed by atoms with Gasteiger partial charge in [0.15, 0.2) is 11.0 Å². The molecule has 0 aliphatic heterocycles. The van der Waals surface area contributed by atoms with Crippen molar-refractivity contribution in [1.29, 1.82) is 0 Å². The van der Waals surface area contributed by atoms with Gasteiger partial charge in [-0.3, -0.25) is 9.36 Å². The van der Waals surface area contributed by atoms with E-state index in [0.717, 1.165) is 11.3 Å². The van der Waals surface area contributed by atoms with Crippen LogP contribution in [0.25, 0.3) is 11.4 Å². The summed E-state index contributed by atoms with van der Waals surface area (Å²) in [7, 11) is 1.63. The Bertz CT molecular complexity index is 780. The lowest BCUT2D eigenvalue weighted by Gasteiger charge is -2.22. The van der Waals surface area contributed by atoms with Gasteiger partial charge >= 0.3 is 0 Å². The van der Waals surface area contributed by atoms with E-state index in [9.17, 15) is 4.79 Å². The summed E-state index contributed by atoms with van der Waals surface area (Å²) >= 11 is 1.38. The van der Waals surface area contributed by atoms with Gasteiger partial charge < -0.3 is 10.1 Å². The average molecular weight is 375 g/mol. The molecule has 7 heteroatoms. The van der Waals surface area contributed by atoms with Gasteiger partial charge in [-0.1, -0.05) is 30.0 Å². The van der Waals surface area contributed by atoms with E-state index >= 15 is 0 Å². The number of ether oxygens (including phenoxy) is 1. The number of aromatic nitrogens is 3. The van der Waals surface area contributed by atoms with Crippen LogP contribution in [-0.2, 0) is 11.3 Å². The predicted molar refractivity (Wildman–Crippen MR) is 105 cm³/mol. The summed E-state index contributed by atoms with van der Waals surface area (Å²) in [5.74, 6) is 1.38. The van der Waals surface area contributed by atoms with E-state index in [-0.39, 0.29) is 16.7 Å². The van der Waals surface area contributed by atoms with Crippen LogP contribution in [0.1, 0.15) is 27.7 Å². The molecule has 0 radical (unpaired) electrons. The summed E-state index contributed by atoms with van der Waals surface area (Å²) in [6.45, 7) is 12.1. The molecule has 6 nitrogen and oxygen atoms in total. The highest BCUT2D eigenvalue weighted by Crippen LogP contribution is 2.32. The van der Waals surface area contributed by atoms with E-state index in [0.29, 0.717) is 17.5 Å². The zero-order chi connectivity index (χ0) is 19.3. The molecule has 0 unspecified atom stereocenters. The summed E-state index contributed by atoms with van der Waals surface area (Å²) in [5.41, 5.74) is 0.575. The summed E-state index contributed by atoms with van der Waals surface area (Å²) < 4.78 is 7.38. The molecule has 1 aromatic carbocycles. The first-order chi connectivity index (χ1) is 12.3. The van der Waals surface area contributed by atoms with E-state index < -0.39 is 0 Å². The Morgan fingerprint density at radius 2 is 2.08 bits per heavy atom. The van der Waals surface area contributed by atoms with Crippen molar-refractivity contribution < 1.29 is 9.53 Å². The molecule has 0 bridgehead atoms. The Hall–Kier alpha value is -2.28. The van der Waals surface area contributed by atoms with Gasteiger partial charge in [-0.05, 0) is 39.8 Å². The number of nitrogens with one attached hydrogen (secondary N) is 1. The quantitative estimate of drug-likeness (QED) is 0.593. The minimum atomic E-state index is -0.299. The molecule has 2 rings (SSSR count). The molecule has 0 saturated heterocycles. The monoisotopic (exact) mass is 374 g/mol. The van der Waals surface area contributed by atoms with Crippen LogP contribution in [0.4, 0.5) is 0 Å². The number of thioether (sulfide) groups is 1. The van der Waals surface area contributed by atoms with Crippen LogP contribution in [0.15, 0.2) is 42.1 Å². The Kier molecular flexibility index (Phi) is 6.47. The number of carbonyl (C=O) groups is 1. The molecule has 0 spiro atoms. The van der Waals surface area contributed by atoms with Crippen molar-refractivity contribution >= 4 is 17.7 Å². The molecule has 140 valence electrons. The maximum Gasteiger partial charge on any atom is 0.233 e. The van der Waals surface area contributed by atoms with E-state index in [2.05, 4.69) is 22.1 Å². The molecule has 1 atom stereocenters. The van der Waals surface area contributed by atoms with Gasteiger partial charge in [0.05, 0.1) is 17.9 Å². The number of hydrogen-bond donors (Lipinski definition) is 1. The third-order valence-electron chi connectivity index (χ3n) is 3.53. The molecule has 0 saturated carbocycles. The first-order valence-corrected chi connectivity index (χ1v) is 9.31. The molecule has 1 aromatic heterocycles. The minimum absolute atomic E-state index is 0.0329. The molecule has 0 fully saturated rings. The van der Waals surface area contributed by atoms with E-state index in [1.807, 2.05) is 56.5 Å². The smallest absolute Gasteiger partial charge is 0.233 e. The molecule has 1 N–H and O–H groups in total. The fourth-order valence-corrected chi connectivity index (χ4v) is 3.24. The molecule has 0 aliphatic rings. The number of nitrogens with zero attached hydrogens (tertiary/aromatic N) is 3. The Morgan fingerprint density at radius 1 is 1.38 bits per heavy atom. The van der Waals surface area contributed by atoms with Crippen molar-refractivity contribution in [3.63, 3.8) is 0 Å². The number of carbonyl (C=O) groups excluding carboxylic acids is 1. The van der Waals surface area contributed by atoms with Gasteiger partial charge in [0, 0.05) is 12.1 Å². The van der Waals surface area contributed by atoms with Gasteiger partial charge in [0.1, 0.15) is 5.75 Å². The summed E-state index contributed by atoms with van der Waals surface area (Å²) in [6.07, 6.45) is 1.78. The third kappa shape index (κ3) is 4.88. The molecule has 26 heavy (non-hydrogen) atoms. The van der Waals surface area contributed by atoms with Gasteiger partial charge in [0.2, 0.25) is 5.91 Å². The van der Waals surface area contributed by atoms with Crippen molar-refractivity contribution in [2.24, 2.45) is 0 Å². The number of hydrogen-bond acceptors (Lipinski definition) is 5. The summed E-state index contributed by atoms with van der Waals surface area (Å²) in [4.78, 5) is 12.4. The summed E-state index contributed by atoms with van der Waals surface area (Å²) in [6, 6.07) is 7.66. The van der Waals surface area contributed by atoms with Gasteiger partial charge in [-0.25, -0.2) is 0 Å². The standard InChI is InChI=1S/C19H26N4O2S/c1-7-12-23-16(14-10-8-9-11-15(14)25-6)21-22-18(23)26-13(2)17(24)20-19(3,4)5/h7-11,13H,1,12H2,2-6H3,(H,20,24)/t13-/m0/s1. The molecular formula is C19H26N4O2S. The van der Waals surface area contributed by atoms with Crippen molar-refractivity contribution in [3.8, 4) is 17.1 Å². The minimum Gasteiger partial charge on any atom is -0.496 e. The normalized spacial score (nSPS) is 12.5. The van der Waals surface area contributed by atoms with Crippen LogP contribution < -0.4 is 10.1 Å². The number of rotatable bonds is 7. The number of methoxy groups -OCH3 is 1. The molecule has 0 aliphatic carbocycles. The number of para-hydroxylation sites is 1. The maximum absolute atomic E-state index is 12.4. The van der Waals surface area contributed by atoms with Crippen molar-refractivity contribution in [2.45, 2.75) is 50.2 Å². The molecule has 1 heterocycles. The van der Waals surface area contributed by atoms with Crippen molar-refractivity contribution in [2.75, 3.05) is 7.11 Å². The second kappa shape index (κ2) is 8.40. The van der Waals surface area contributed by atoms with Crippen LogP contribution in [0.3, 0.4) is 0 Å². The van der Waals surface area contributed by atoms with Gasteiger partial charge in [-0.2, -0.15) is 0 Å². The van der Waals surface area contributed by atoms with E-state index in [1.54, 1.807) is 13.2 Å². The lowest BCUT2D eigenvalue weighted by molar-refractivity contribution is -0.121. The zero-order valence-corrected chi connectivity index (χ0v) is 16.8. The van der Waals surface area contributed by atoms with Crippen LogP contribution in [0, 0.1) is 0 Å². The van der Waals surface area contributed by atoms with Crippen molar-refractivity contribution in [3.05, 3.63) is 36.9 Å². The molecule has 2 aromatic rings. The SMILES string of the molecule is C=CCn1c(S[C@@H](C)C(=O)NC(C)(C)C)nnc1-c1ccccc1OC. The fraction of sp³-hybridized carbons (Fsp3) is 0.421. The first-order valence-electron chi connectivity index (χ1n) is 8.43. The Labute approximate surface area is 159 Å². The molecular weight excluding hydrogens is 348 g/mol. The largest absolute Gasteiger partial charge is 0.496 e. The van der Waals surface area contributed by atoms with Crippen LogP contribution >= 0.6 is 11.8 Å². The second-order valence-corrected chi connectivity index (χ2v) is 8.21. The average Bonchev–Trinajstić information content (AvgIpc) is 2.96. The highest BCUT2D eigenvalue weighted by atomic mass is 32.2. The Balaban J connectivity index is 2.32. The lowest BCUT2D eigenvalue weighted by Crippen LogP contribution is -2.44. The third-order valence-corrected chi connectivity index (χ3v) is 4.61. The molecule has 1 amide bonds. The number of amides is 1. The lowest BCUT2D eigenvalue weighted by atomic mass is 10.1. The van der Waals surface area contributed by atoms with Crippen LogP contribution in [0.2, 0.25) is 0 Å². The topological polar surface area (TPSA) is 69.0 Å². The Morgan fingerprint density at radius 3 is 2.69 bits per heavy atom. The second-order valence-electron chi connectivity index (χ2n) is 6.91. The first kappa shape index (κ1) is 20.0. The van der Waals surface area contributed by atoms with E-state index in [1.165, 1.54) is 11.8 Å². The fourth-order valence-electron chi connectivity index (χ4n) is 2.38. The maximum atomic E-state index is 12.4. The van der Waals surface area contributed by atoms with Crippen LogP contribution in [0.5, 0.6) is 5.75 Å². The highest BCUT2D eigenvalue weighted by Gasteiger charge is 2.24. The summed E-state index contributed by atoms with van der Waals surface area (Å²) in [5, 5.41) is 12.0. The van der Waals surface area contributed by atoms with Gasteiger partial charge in [-0.15, -0.1) is 16.8 Å². The van der Waals surface area contributed by atoms with Gasteiger partial charge in [0.25, 0.3) is 0 Å². The van der Waals surface area contributed by atoms with Crippen LogP contribution in [-0.4, -0.2) is 38.6 Å². The number of allylic oxidation sites excluding steroid dienone is 1. The van der Waals surface area contributed by atoms with Crippen molar-refractivity contribution in [1.82, 2.24) is 20.1 Å². The highest BCUT2D eigenvalue weighted by molar-refractivity contribution is 8.00. The zero-order valence-electron chi connectivity index (χ0n) is 15.9. The predicted octanol–water partition coefficient (Wildman–Crippen LogP) is 3.54. The number of benzene rings is 1. The van der Waals surface area contributed by atoms with E-state index in [4.69, 9.17) is 4.74 Å².